The Bertz CT molecular complexity index is 235. The molecule has 0 spiro atoms. The standard InChI is InChI=1S/C9H13NO/c1-10-6-2-4-8(10)9-5-3-7-11-9/h2,4,6,9H,3,5,7H2,1H3. The second-order valence-electron chi connectivity index (χ2n) is 3.05. The summed E-state index contributed by atoms with van der Waals surface area (Å²) in [6.45, 7) is 0.926. The predicted molar refractivity (Wildman–Crippen MR) is 43.3 cm³/mol. The second-order valence-corrected chi connectivity index (χ2v) is 3.05. The van der Waals surface area contributed by atoms with E-state index < -0.39 is 0 Å². The van der Waals surface area contributed by atoms with Gasteiger partial charge in [-0.2, -0.15) is 0 Å². The van der Waals surface area contributed by atoms with Crippen LogP contribution in [0.4, 0.5) is 0 Å². The minimum Gasteiger partial charge on any atom is -0.372 e. The van der Waals surface area contributed by atoms with Crippen molar-refractivity contribution < 1.29 is 4.74 Å². The summed E-state index contributed by atoms with van der Waals surface area (Å²) in [6.07, 6.45) is 4.81. The van der Waals surface area contributed by atoms with E-state index in [0.29, 0.717) is 6.10 Å². The maximum absolute atomic E-state index is 5.56. The lowest BCUT2D eigenvalue weighted by Crippen LogP contribution is -2.01. The van der Waals surface area contributed by atoms with Gasteiger partial charge in [0, 0.05) is 25.5 Å². The van der Waals surface area contributed by atoms with E-state index in [9.17, 15) is 0 Å². The third kappa shape index (κ3) is 1.18. The zero-order valence-electron chi connectivity index (χ0n) is 6.79. The normalized spacial score (nSPS) is 24.3. The number of aromatic nitrogens is 1. The summed E-state index contributed by atoms with van der Waals surface area (Å²) in [5.41, 5.74) is 1.31. The van der Waals surface area contributed by atoms with Crippen molar-refractivity contribution in [3.05, 3.63) is 24.0 Å². The van der Waals surface area contributed by atoms with Crippen molar-refractivity contribution in [3.63, 3.8) is 0 Å². The molecule has 1 aromatic rings. The number of nitrogens with zero attached hydrogens (tertiary/aromatic N) is 1. The molecule has 1 aromatic heterocycles. The van der Waals surface area contributed by atoms with Crippen molar-refractivity contribution in [2.75, 3.05) is 6.61 Å². The zero-order valence-corrected chi connectivity index (χ0v) is 6.79. The molecule has 60 valence electrons. The molecule has 1 atom stereocenters. The summed E-state index contributed by atoms with van der Waals surface area (Å²) in [5.74, 6) is 0. The highest BCUT2D eigenvalue weighted by atomic mass is 16.5. The molecule has 0 amide bonds. The summed E-state index contributed by atoms with van der Waals surface area (Å²) >= 11 is 0. The van der Waals surface area contributed by atoms with E-state index >= 15 is 0 Å². The van der Waals surface area contributed by atoms with Gasteiger partial charge in [-0.1, -0.05) is 0 Å². The topological polar surface area (TPSA) is 14.2 Å². The first kappa shape index (κ1) is 6.92. The van der Waals surface area contributed by atoms with Crippen molar-refractivity contribution in [2.45, 2.75) is 18.9 Å². The van der Waals surface area contributed by atoms with Crippen LogP contribution in [0.2, 0.25) is 0 Å². The summed E-state index contributed by atoms with van der Waals surface area (Å²) in [6, 6.07) is 4.20. The monoisotopic (exact) mass is 151 g/mol. The Morgan fingerprint density at radius 3 is 3.09 bits per heavy atom. The van der Waals surface area contributed by atoms with Gasteiger partial charge in [-0.05, 0) is 25.0 Å². The van der Waals surface area contributed by atoms with Crippen LogP contribution in [0.1, 0.15) is 24.6 Å². The first-order valence-electron chi connectivity index (χ1n) is 4.11. The largest absolute Gasteiger partial charge is 0.372 e. The van der Waals surface area contributed by atoms with E-state index in [-0.39, 0.29) is 0 Å². The molecule has 2 nitrogen and oxygen atoms in total. The first-order valence-corrected chi connectivity index (χ1v) is 4.11. The molecular formula is C9H13NO. The Kier molecular flexibility index (Phi) is 1.70. The third-order valence-corrected chi connectivity index (χ3v) is 2.24. The van der Waals surface area contributed by atoms with Gasteiger partial charge < -0.3 is 9.30 Å². The molecule has 0 bridgehead atoms. The van der Waals surface area contributed by atoms with Gasteiger partial charge in [0.1, 0.15) is 0 Å². The third-order valence-electron chi connectivity index (χ3n) is 2.24. The van der Waals surface area contributed by atoms with E-state index in [2.05, 4.69) is 29.9 Å². The molecule has 0 radical (unpaired) electrons. The highest BCUT2D eigenvalue weighted by Crippen LogP contribution is 2.27. The molecule has 1 aliphatic heterocycles. The van der Waals surface area contributed by atoms with Gasteiger partial charge in [-0.15, -0.1) is 0 Å². The number of hydrogen-bond acceptors (Lipinski definition) is 1. The van der Waals surface area contributed by atoms with Gasteiger partial charge in [0.25, 0.3) is 0 Å². The summed E-state index contributed by atoms with van der Waals surface area (Å²) < 4.78 is 7.69. The van der Waals surface area contributed by atoms with Gasteiger partial charge in [0.05, 0.1) is 6.10 Å². The quantitative estimate of drug-likeness (QED) is 0.597. The van der Waals surface area contributed by atoms with Crippen LogP contribution in [0.5, 0.6) is 0 Å². The molecule has 2 heteroatoms. The zero-order chi connectivity index (χ0) is 7.68. The van der Waals surface area contributed by atoms with Crippen LogP contribution in [0, 0.1) is 0 Å². The minimum absolute atomic E-state index is 0.356. The molecule has 11 heavy (non-hydrogen) atoms. The van der Waals surface area contributed by atoms with Crippen molar-refractivity contribution in [2.24, 2.45) is 7.05 Å². The lowest BCUT2D eigenvalue weighted by Gasteiger charge is -2.09. The van der Waals surface area contributed by atoms with Crippen molar-refractivity contribution in [1.82, 2.24) is 4.57 Å². The fourth-order valence-electron chi connectivity index (χ4n) is 1.62. The van der Waals surface area contributed by atoms with Crippen LogP contribution in [0.15, 0.2) is 18.3 Å². The Labute approximate surface area is 66.8 Å². The average molecular weight is 151 g/mol. The minimum atomic E-state index is 0.356. The molecule has 2 rings (SSSR count). The van der Waals surface area contributed by atoms with Gasteiger partial charge in [-0.25, -0.2) is 0 Å². The van der Waals surface area contributed by atoms with E-state index in [1.165, 1.54) is 18.5 Å². The maximum atomic E-state index is 5.56. The van der Waals surface area contributed by atoms with Gasteiger partial charge in [0.2, 0.25) is 0 Å². The number of aryl methyl sites for hydroxylation is 1. The summed E-state index contributed by atoms with van der Waals surface area (Å²) in [4.78, 5) is 0. The van der Waals surface area contributed by atoms with Crippen LogP contribution < -0.4 is 0 Å². The fourth-order valence-corrected chi connectivity index (χ4v) is 1.62. The Morgan fingerprint density at radius 2 is 2.55 bits per heavy atom. The van der Waals surface area contributed by atoms with E-state index in [1.807, 2.05) is 0 Å². The number of ether oxygens (including phenoxy) is 1. The lowest BCUT2D eigenvalue weighted by molar-refractivity contribution is 0.106. The van der Waals surface area contributed by atoms with E-state index in [0.717, 1.165) is 6.61 Å². The molecule has 0 N–H and O–H groups in total. The number of hydrogen-bond donors (Lipinski definition) is 0. The van der Waals surface area contributed by atoms with Crippen molar-refractivity contribution in [3.8, 4) is 0 Å². The van der Waals surface area contributed by atoms with Crippen LogP contribution in [-0.4, -0.2) is 11.2 Å². The Hall–Kier alpha value is -0.760. The second kappa shape index (κ2) is 2.70. The molecule has 0 saturated carbocycles. The Morgan fingerprint density at radius 1 is 1.64 bits per heavy atom. The average Bonchev–Trinajstić information content (AvgIpc) is 2.55. The summed E-state index contributed by atoms with van der Waals surface area (Å²) in [5, 5.41) is 0. The van der Waals surface area contributed by atoms with E-state index in [1.54, 1.807) is 0 Å². The predicted octanol–water partition coefficient (Wildman–Crippen LogP) is 1.88. The lowest BCUT2D eigenvalue weighted by atomic mass is 10.2. The van der Waals surface area contributed by atoms with Gasteiger partial charge >= 0.3 is 0 Å². The van der Waals surface area contributed by atoms with Gasteiger partial charge in [-0.3, -0.25) is 0 Å². The summed E-state index contributed by atoms with van der Waals surface area (Å²) in [7, 11) is 2.07. The van der Waals surface area contributed by atoms with Crippen molar-refractivity contribution in [1.29, 1.82) is 0 Å². The SMILES string of the molecule is Cn1cccc1C1CCCO1. The molecule has 1 fully saturated rings. The molecule has 0 aliphatic carbocycles. The van der Waals surface area contributed by atoms with E-state index in [4.69, 9.17) is 4.74 Å². The molecule has 0 aromatic carbocycles. The van der Waals surface area contributed by atoms with Crippen molar-refractivity contribution >= 4 is 0 Å². The smallest absolute Gasteiger partial charge is 0.0975 e. The number of rotatable bonds is 1. The molecule has 1 aliphatic rings. The fraction of sp³-hybridized carbons (Fsp3) is 0.556. The molecular weight excluding hydrogens is 138 g/mol. The highest BCUT2D eigenvalue weighted by molar-refractivity contribution is 5.10. The molecule has 2 heterocycles. The first-order chi connectivity index (χ1) is 5.38. The highest BCUT2D eigenvalue weighted by Gasteiger charge is 2.18. The Balaban J connectivity index is 2.21. The maximum Gasteiger partial charge on any atom is 0.0975 e. The van der Waals surface area contributed by atoms with Crippen LogP contribution in [0.25, 0.3) is 0 Å². The molecule has 1 unspecified atom stereocenters. The van der Waals surface area contributed by atoms with Crippen LogP contribution in [-0.2, 0) is 11.8 Å². The molecule has 1 saturated heterocycles. The van der Waals surface area contributed by atoms with Crippen LogP contribution in [0.3, 0.4) is 0 Å². The van der Waals surface area contributed by atoms with Crippen LogP contribution >= 0.6 is 0 Å². The van der Waals surface area contributed by atoms with Gasteiger partial charge in [0.15, 0.2) is 0 Å².